The lowest BCUT2D eigenvalue weighted by atomic mass is 10.0. The molecule has 1 aliphatic rings. The molecule has 0 spiro atoms. The Kier molecular flexibility index (Phi) is 1.53. The molecule has 0 aromatic rings. The fourth-order valence-electron chi connectivity index (χ4n) is 0.715. The minimum Gasteiger partial charge on any atom is -0.501 e. The Morgan fingerprint density at radius 3 is 1.33 bits per heavy atom. The molecule has 0 atom stereocenters. The first kappa shape index (κ1) is 8.12. The minimum atomic E-state index is -1.06. The van der Waals surface area contributed by atoms with E-state index in [1.165, 1.54) is 0 Å². The van der Waals surface area contributed by atoms with Gasteiger partial charge in [0.2, 0.25) is 23.1 Å². The summed E-state index contributed by atoms with van der Waals surface area (Å²) in [5.41, 5.74) is 9.00. The van der Waals surface area contributed by atoms with Gasteiger partial charge in [0, 0.05) is 0 Å². The number of aliphatic hydroxyl groups excluding tert-OH is 2. The van der Waals surface area contributed by atoms with Crippen molar-refractivity contribution in [1.29, 1.82) is 0 Å². The van der Waals surface area contributed by atoms with Gasteiger partial charge in [0.25, 0.3) is 0 Å². The minimum absolute atomic E-state index is 0.546. The molecule has 1 aliphatic carbocycles. The van der Waals surface area contributed by atoms with E-state index in [4.69, 9.17) is 21.7 Å². The monoisotopic (exact) mass is 170 g/mol. The van der Waals surface area contributed by atoms with Crippen LogP contribution in [-0.4, -0.2) is 21.8 Å². The molecule has 6 heteroatoms. The molecule has 0 aromatic carbocycles. The largest absolute Gasteiger partial charge is 0.501 e. The predicted molar refractivity (Wildman–Crippen MR) is 37.7 cm³/mol. The molecule has 1 rings (SSSR count). The Balaban J connectivity index is 3.32. The zero-order chi connectivity index (χ0) is 9.46. The van der Waals surface area contributed by atoms with Crippen LogP contribution in [0, 0.1) is 0 Å². The van der Waals surface area contributed by atoms with Crippen molar-refractivity contribution in [2.45, 2.75) is 0 Å². The number of hydrogen-bond donors (Lipinski definition) is 4. The van der Waals surface area contributed by atoms with Gasteiger partial charge in [-0.1, -0.05) is 0 Å². The van der Waals surface area contributed by atoms with E-state index < -0.39 is 34.5 Å². The Morgan fingerprint density at radius 2 is 1.08 bits per heavy atom. The van der Waals surface area contributed by atoms with Crippen molar-refractivity contribution in [1.82, 2.24) is 0 Å². The van der Waals surface area contributed by atoms with Crippen LogP contribution in [0.15, 0.2) is 22.9 Å². The molecule has 0 radical (unpaired) electrons. The van der Waals surface area contributed by atoms with Crippen LogP contribution in [0.2, 0.25) is 0 Å². The van der Waals surface area contributed by atoms with Crippen molar-refractivity contribution in [3.05, 3.63) is 22.9 Å². The van der Waals surface area contributed by atoms with Gasteiger partial charge in [-0.15, -0.1) is 0 Å². The summed E-state index contributed by atoms with van der Waals surface area (Å²) in [4.78, 5) is 21.6. The molecule has 64 valence electrons. The smallest absolute Gasteiger partial charge is 0.249 e. The number of Topliss-reactive ketones (excluding diaryl/α,β-unsaturated/α-hetero) is 2. The maximum Gasteiger partial charge on any atom is 0.249 e. The second-order valence-corrected chi connectivity index (χ2v) is 2.18. The predicted octanol–water partition coefficient (Wildman–Crippen LogP) is -1.41. The third-order valence-electron chi connectivity index (χ3n) is 1.43. The van der Waals surface area contributed by atoms with Gasteiger partial charge in [-0.3, -0.25) is 9.59 Å². The Labute approximate surface area is 66.8 Å². The maximum atomic E-state index is 10.8. The standard InChI is InChI=1S/C6H6N2O4/c7-1-2(8)4(10)6(12)5(11)3(1)9/h11-12H,7-8H2. The molecule has 0 fully saturated rings. The number of aliphatic hydroxyl groups is 2. The Morgan fingerprint density at radius 1 is 0.833 bits per heavy atom. The van der Waals surface area contributed by atoms with Crippen molar-refractivity contribution in [3.8, 4) is 0 Å². The molecular formula is C6H6N2O4. The van der Waals surface area contributed by atoms with Crippen LogP contribution in [-0.2, 0) is 9.59 Å². The number of rotatable bonds is 0. The normalized spacial score (nSPS) is 19.0. The van der Waals surface area contributed by atoms with Crippen molar-refractivity contribution in [2.24, 2.45) is 11.5 Å². The van der Waals surface area contributed by atoms with E-state index in [0.717, 1.165) is 0 Å². The highest BCUT2D eigenvalue weighted by Gasteiger charge is 2.31. The Bertz CT molecular complexity index is 277. The quantitative estimate of drug-likeness (QED) is 0.331. The maximum absolute atomic E-state index is 10.8. The van der Waals surface area contributed by atoms with Gasteiger partial charge >= 0.3 is 0 Å². The highest BCUT2D eigenvalue weighted by atomic mass is 16.3. The first-order chi connectivity index (χ1) is 5.46. The molecule has 0 unspecified atom stereocenters. The Hall–Kier alpha value is -1.98. The second kappa shape index (κ2) is 2.26. The summed E-state index contributed by atoms with van der Waals surface area (Å²) in [5.74, 6) is -4.20. The fourth-order valence-corrected chi connectivity index (χ4v) is 0.715. The van der Waals surface area contributed by atoms with Gasteiger partial charge < -0.3 is 21.7 Å². The van der Waals surface area contributed by atoms with E-state index in [1.807, 2.05) is 0 Å². The summed E-state index contributed by atoms with van der Waals surface area (Å²) in [5, 5.41) is 17.6. The van der Waals surface area contributed by atoms with Crippen LogP contribution in [0.25, 0.3) is 0 Å². The molecule has 12 heavy (non-hydrogen) atoms. The first-order valence-electron chi connectivity index (χ1n) is 2.93. The van der Waals surface area contributed by atoms with Crippen LogP contribution < -0.4 is 11.5 Å². The number of nitrogens with two attached hydrogens (primary N) is 2. The molecule has 0 bridgehead atoms. The van der Waals surface area contributed by atoms with E-state index in [2.05, 4.69) is 0 Å². The van der Waals surface area contributed by atoms with E-state index in [1.54, 1.807) is 0 Å². The van der Waals surface area contributed by atoms with Gasteiger partial charge in [-0.25, -0.2) is 0 Å². The molecule has 0 heterocycles. The highest BCUT2D eigenvalue weighted by Crippen LogP contribution is 2.14. The third-order valence-corrected chi connectivity index (χ3v) is 1.43. The molecule has 0 amide bonds. The summed E-state index contributed by atoms with van der Waals surface area (Å²) < 4.78 is 0. The SMILES string of the molecule is NC1=C(N)C(=O)C(O)=C(O)C1=O. The second-order valence-electron chi connectivity index (χ2n) is 2.18. The molecular weight excluding hydrogens is 164 g/mol. The number of hydrogen-bond acceptors (Lipinski definition) is 6. The van der Waals surface area contributed by atoms with Gasteiger partial charge in [0.15, 0.2) is 0 Å². The van der Waals surface area contributed by atoms with Crippen LogP contribution in [0.4, 0.5) is 0 Å². The summed E-state index contributed by atoms with van der Waals surface area (Å²) in [6.07, 6.45) is 0. The molecule has 6 nitrogen and oxygen atoms in total. The summed E-state index contributed by atoms with van der Waals surface area (Å²) in [7, 11) is 0. The van der Waals surface area contributed by atoms with E-state index >= 15 is 0 Å². The van der Waals surface area contributed by atoms with Gasteiger partial charge in [-0.2, -0.15) is 0 Å². The number of carbonyl (C=O) groups is 2. The van der Waals surface area contributed by atoms with Crippen molar-refractivity contribution >= 4 is 11.6 Å². The topological polar surface area (TPSA) is 127 Å². The lowest BCUT2D eigenvalue weighted by Gasteiger charge is -2.11. The first-order valence-corrected chi connectivity index (χ1v) is 2.93. The van der Waals surface area contributed by atoms with Crippen molar-refractivity contribution < 1.29 is 19.8 Å². The van der Waals surface area contributed by atoms with Gasteiger partial charge in [0.1, 0.15) is 11.4 Å². The average molecular weight is 170 g/mol. The fraction of sp³-hybridized carbons (Fsp3) is 0. The van der Waals surface area contributed by atoms with Crippen LogP contribution in [0.1, 0.15) is 0 Å². The molecule has 0 aliphatic heterocycles. The number of ketones is 2. The molecule has 0 saturated heterocycles. The zero-order valence-corrected chi connectivity index (χ0v) is 5.87. The van der Waals surface area contributed by atoms with E-state index in [9.17, 15) is 9.59 Å². The molecule has 0 aromatic heterocycles. The van der Waals surface area contributed by atoms with Crippen molar-refractivity contribution in [3.63, 3.8) is 0 Å². The summed E-state index contributed by atoms with van der Waals surface area (Å²) in [6.45, 7) is 0. The number of carbonyl (C=O) groups excluding carboxylic acids is 2. The molecule has 6 N–H and O–H groups in total. The molecule has 0 saturated carbocycles. The third kappa shape index (κ3) is 0.815. The summed E-state index contributed by atoms with van der Waals surface area (Å²) in [6, 6.07) is 0. The van der Waals surface area contributed by atoms with Crippen LogP contribution in [0.3, 0.4) is 0 Å². The highest BCUT2D eigenvalue weighted by molar-refractivity contribution is 6.22. The average Bonchev–Trinajstić information content (AvgIpc) is 2.08. The summed E-state index contributed by atoms with van der Waals surface area (Å²) >= 11 is 0. The van der Waals surface area contributed by atoms with E-state index in [-0.39, 0.29) is 0 Å². The van der Waals surface area contributed by atoms with Gasteiger partial charge in [0.05, 0.1) is 0 Å². The van der Waals surface area contributed by atoms with Crippen LogP contribution >= 0.6 is 0 Å². The van der Waals surface area contributed by atoms with Crippen LogP contribution in [0.5, 0.6) is 0 Å². The van der Waals surface area contributed by atoms with Gasteiger partial charge in [-0.05, 0) is 0 Å². The van der Waals surface area contributed by atoms with E-state index in [0.29, 0.717) is 0 Å². The lowest BCUT2D eigenvalue weighted by molar-refractivity contribution is -0.120. The van der Waals surface area contributed by atoms with Crippen molar-refractivity contribution in [2.75, 3.05) is 0 Å². The lowest BCUT2D eigenvalue weighted by Crippen LogP contribution is -2.31. The zero-order valence-electron chi connectivity index (χ0n) is 5.87.